The van der Waals surface area contributed by atoms with E-state index in [2.05, 4.69) is 15.0 Å². The molecule has 0 aliphatic rings. The molecule has 0 saturated carbocycles. The molecule has 4 nitrogen and oxygen atoms in total. The lowest BCUT2D eigenvalue weighted by Crippen LogP contribution is -1.78. The van der Waals surface area contributed by atoms with Crippen molar-refractivity contribution in [3.05, 3.63) is 59.2 Å². The highest BCUT2D eigenvalue weighted by molar-refractivity contribution is 5.75. The second kappa shape index (κ2) is 4.26. The maximum absolute atomic E-state index is 8.44. The minimum atomic E-state index is 0.631. The van der Waals surface area contributed by atoms with E-state index in [0.29, 0.717) is 5.69 Å². The maximum Gasteiger partial charge on any atom is 0.0453 e. The second-order valence-electron chi connectivity index (χ2n) is 2.94. The molecule has 1 heterocycles. The number of pyridine rings is 1. The molecular formula is C11H8N4. The van der Waals surface area contributed by atoms with Gasteiger partial charge in [-0.3, -0.25) is 4.98 Å². The SMILES string of the molecule is [N-]=[N+]=Nc1ccccc1-c1ccncc1. The van der Waals surface area contributed by atoms with Crippen LogP contribution in [0.15, 0.2) is 53.9 Å². The summed E-state index contributed by atoms with van der Waals surface area (Å²) in [6.07, 6.45) is 3.42. The molecule has 2 rings (SSSR count). The van der Waals surface area contributed by atoms with E-state index in [0.717, 1.165) is 11.1 Å². The van der Waals surface area contributed by atoms with E-state index in [4.69, 9.17) is 5.53 Å². The van der Waals surface area contributed by atoms with Crippen LogP contribution in [-0.4, -0.2) is 4.98 Å². The van der Waals surface area contributed by atoms with E-state index < -0.39 is 0 Å². The van der Waals surface area contributed by atoms with Gasteiger partial charge < -0.3 is 0 Å². The Hall–Kier alpha value is -2.32. The fraction of sp³-hybridized carbons (Fsp3) is 0. The largest absolute Gasteiger partial charge is 0.265 e. The minimum absolute atomic E-state index is 0.631. The highest BCUT2D eigenvalue weighted by Crippen LogP contribution is 2.29. The van der Waals surface area contributed by atoms with E-state index in [9.17, 15) is 0 Å². The third-order valence-corrected chi connectivity index (χ3v) is 2.05. The summed E-state index contributed by atoms with van der Waals surface area (Å²) in [7, 11) is 0. The van der Waals surface area contributed by atoms with Gasteiger partial charge in [0.1, 0.15) is 0 Å². The molecule has 0 saturated heterocycles. The van der Waals surface area contributed by atoms with Crippen LogP contribution in [0.1, 0.15) is 0 Å². The van der Waals surface area contributed by atoms with E-state index in [1.807, 2.05) is 30.3 Å². The molecule has 0 spiro atoms. The molecule has 2 aromatic rings. The number of hydrogen-bond acceptors (Lipinski definition) is 2. The number of nitrogens with zero attached hydrogens (tertiary/aromatic N) is 4. The summed E-state index contributed by atoms with van der Waals surface area (Å²) in [5, 5.41) is 3.64. The van der Waals surface area contributed by atoms with Gasteiger partial charge in [0.25, 0.3) is 0 Å². The van der Waals surface area contributed by atoms with Crippen molar-refractivity contribution in [2.45, 2.75) is 0 Å². The Labute approximate surface area is 86.8 Å². The number of aromatic nitrogens is 1. The zero-order valence-electron chi connectivity index (χ0n) is 7.91. The van der Waals surface area contributed by atoms with Crippen LogP contribution in [0.2, 0.25) is 0 Å². The van der Waals surface area contributed by atoms with Gasteiger partial charge in [-0.25, -0.2) is 0 Å². The Balaban J connectivity index is 2.58. The average Bonchev–Trinajstić information content (AvgIpc) is 2.31. The van der Waals surface area contributed by atoms with Crippen LogP contribution in [0, 0.1) is 0 Å². The first-order chi connectivity index (χ1) is 7.42. The summed E-state index contributed by atoms with van der Waals surface area (Å²) in [4.78, 5) is 6.74. The number of hydrogen-bond donors (Lipinski definition) is 0. The minimum Gasteiger partial charge on any atom is -0.265 e. The van der Waals surface area contributed by atoms with Gasteiger partial charge in [-0.1, -0.05) is 29.4 Å². The molecule has 0 bridgehead atoms. The van der Waals surface area contributed by atoms with Crippen molar-refractivity contribution in [2.75, 3.05) is 0 Å². The fourth-order valence-corrected chi connectivity index (χ4v) is 1.38. The summed E-state index contributed by atoms with van der Waals surface area (Å²) in [5.74, 6) is 0. The van der Waals surface area contributed by atoms with Crippen LogP contribution >= 0.6 is 0 Å². The van der Waals surface area contributed by atoms with Gasteiger partial charge in [0, 0.05) is 23.0 Å². The van der Waals surface area contributed by atoms with Gasteiger partial charge in [0.15, 0.2) is 0 Å². The fourth-order valence-electron chi connectivity index (χ4n) is 1.38. The second-order valence-corrected chi connectivity index (χ2v) is 2.94. The summed E-state index contributed by atoms with van der Waals surface area (Å²) in [6, 6.07) is 11.2. The lowest BCUT2D eigenvalue weighted by Gasteiger charge is -2.03. The molecule has 72 valence electrons. The summed E-state index contributed by atoms with van der Waals surface area (Å²) >= 11 is 0. The lowest BCUT2D eigenvalue weighted by molar-refractivity contribution is 1.33. The molecule has 0 aliphatic carbocycles. The van der Waals surface area contributed by atoms with Crippen LogP contribution in [0.3, 0.4) is 0 Å². The molecule has 0 atom stereocenters. The van der Waals surface area contributed by atoms with Gasteiger partial charge >= 0.3 is 0 Å². The van der Waals surface area contributed by atoms with Gasteiger partial charge in [0.2, 0.25) is 0 Å². The van der Waals surface area contributed by atoms with Crippen molar-refractivity contribution in [1.82, 2.24) is 4.98 Å². The van der Waals surface area contributed by atoms with Crippen LogP contribution in [0.5, 0.6) is 0 Å². The highest BCUT2D eigenvalue weighted by atomic mass is 15.1. The Kier molecular flexibility index (Phi) is 2.63. The molecular weight excluding hydrogens is 188 g/mol. The zero-order chi connectivity index (χ0) is 10.5. The van der Waals surface area contributed by atoms with Gasteiger partial charge in [0.05, 0.1) is 0 Å². The lowest BCUT2D eigenvalue weighted by atomic mass is 10.1. The molecule has 4 heteroatoms. The first-order valence-electron chi connectivity index (χ1n) is 4.46. The number of rotatable bonds is 2. The van der Waals surface area contributed by atoms with Crippen molar-refractivity contribution in [2.24, 2.45) is 5.11 Å². The van der Waals surface area contributed by atoms with Gasteiger partial charge in [-0.2, -0.15) is 0 Å². The molecule has 0 radical (unpaired) electrons. The summed E-state index contributed by atoms with van der Waals surface area (Å²) in [6.45, 7) is 0. The van der Waals surface area contributed by atoms with E-state index in [1.54, 1.807) is 18.5 Å². The van der Waals surface area contributed by atoms with E-state index in [-0.39, 0.29) is 0 Å². The van der Waals surface area contributed by atoms with Crippen LogP contribution in [0.25, 0.3) is 21.6 Å². The van der Waals surface area contributed by atoms with Crippen molar-refractivity contribution in [3.63, 3.8) is 0 Å². The smallest absolute Gasteiger partial charge is 0.0453 e. The Morgan fingerprint density at radius 3 is 2.53 bits per heavy atom. The Morgan fingerprint density at radius 2 is 1.80 bits per heavy atom. The zero-order valence-corrected chi connectivity index (χ0v) is 7.91. The number of benzene rings is 1. The predicted molar refractivity (Wildman–Crippen MR) is 58.5 cm³/mol. The van der Waals surface area contributed by atoms with Crippen molar-refractivity contribution in [1.29, 1.82) is 0 Å². The molecule has 1 aromatic heterocycles. The third kappa shape index (κ3) is 1.95. The standard InChI is InChI=1S/C11H8N4/c12-15-14-11-4-2-1-3-10(11)9-5-7-13-8-6-9/h1-8H. The van der Waals surface area contributed by atoms with Crippen LogP contribution < -0.4 is 0 Å². The van der Waals surface area contributed by atoms with E-state index >= 15 is 0 Å². The molecule has 0 fully saturated rings. The first kappa shape index (κ1) is 9.24. The van der Waals surface area contributed by atoms with Crippen molar-refractivity contribution >= 4 is 5.69 Å². The summed E-state index contributed by atoms with van der Waals surface area (Å²) in [5.41, 5.74) is 11.0. The Morgan fingerprint density at radius 1 is 1.07 bits per heavy atom. The quantitative estimate of drug-likeness (QED) is 0.410. The summed E-state index contributed by atoms with van der Waals surface area (Å²) < 4.78 is 0. The van der Waals surface area contributed by atoms with Crippen LogP contribution in [0.4, 0.5) is 5.69 Å². The highest BCUT2D eigenvalue weighted by Gasteiger charge is 2.01. The van der Waals surface area contributed by atoms with E-state index in [1.165, 1.54) is 0 Å². The van der Waals surface area contributed by atoms with Crippen molar-refractivity contribution < 1.29 is 0 Å². The van der Waals surface area contributed by atoms with Gasteiger partial charge in [-0.05, 0) is 28.8 Å². The molecule has 0 amide bonds. The molecule has 0 N–H and O–H groups in total. The first-order valence-corrected chi connectivity index (χ1v) is 4.46. The molecule has 0 unspecified atom stereocenters. The number of azide groups is 1. The molecule has 1 aromatic carbocycles. The predicted octanol–water partition coefficient (Wildman–Crippen LogP) is 3.69. The van der Waals surface area contributed by atoms with Gasteiger partial charge in [-0.15, -0.1) is 0 Å². The van der Waals surface area contributed by atoms with Crippen molar-refractivity contribution in [3.8, 4) is 11.1 Å². The monoisotopic (exact) mass is 196 g/mol. The van der Waals surface area contributed by atoms with Crippen LogP contribution in [-0.2, 0) is 0 Å². The maximum atomic E-state index is 8.44. The Bertz CT molecular complexity index is 501. The molecule has 0 aliphatic heterocycles. The third-order valence-electron chi connectivity index (χ3n) is 2.05. The molecule has 15 heavy (non-hydrogen) atoms. The normalized spacial score (nSPS) is 9.33. The topological polar surface area (TPSA) is 61.7 Å². The average molecular weight is 196 g/mol.